The van der Waals surface area contributed by atoms with E-state index < -0.39 is 27.3 Å². The van der Waals surface area contributed by atoms with Gasteiger partial charge in [0, 0.05) is 30.8 Å². The molecule has 0 aliphatic carbocycles. The number of carbonyl (C=O) groups is 1. The van der Waals surface area contributed by atoms with Crippen molar-refractivity contribution in [2.24, 2.45) is 0 Å². The zero-order valence-electron chi connectivity index (χ0n) is 12.8. The molecule has 0 saturated carbocycles. The fourth-order valence-electron chi connectivity index (χ4n) is 2.05. The first-order chi connectivity index (χ1) is 11.9. The van der Waals surface area contributed by atoms with E-state index in [-0.39, 0.29) is 30.0 Å². The highest BCUT2D eigenvalue weighted by molar-refractivity contribution is 5.91. The third-order valence-electron chi connectivity index (χ3n) is 3.19. The molecular formula is C15H13FN4O5. The van der Waals surface area contributed by atoms with Crippen LogP contribution < -0.4 is 10.6 Å². The molecule has 25 heavy (non-hydrogen) atoms. The van der Waals surface area contributed by atoms with E-state index in [1.54, 1.807) is 6.07 Å². The van der Waals surface area contributed by atoms with Crippen molar-refractivity contribution < 1.29 is 19.0 Å². The Morgan fingerprint density at radius 3 is 2.40 bits per heavy atom. The Bertz CT molecular complexity index is 827. The van der Waals surface area contributed by atoms with Gasteiger partial charge in [0.25, 0.3) is 5.69 Å². The van der Waals surface area contributed by atoms with Crippen molar-refractivity contribution in [2.45, 2.75) is 6.42 Å². The topological polar surface area (TPSA) is 127 Å². The van der Waals surface area contributed by atoms with E-state index >= 15 is 0 Å². The first kappa shape index (κ1) is 17.8. The summed E-state index contributed by atoms with van der Waals surface area (Å²) in [6, 6.07) is 9.00. The van der Waals surface area contributed by atoms with Gasteiger partial charge >= 0.3 is 5.69 Å². The minimum absolute atomic E-state index is 0.0444. The largest absolute Gasteiger partial charge is 0.379 e. The summed E-state index contributed by atoms with van der Waals surface area (Å²) in [5.41, 5.74) is -0.491. The molecular weight excluding hydrogens is 335 g/mol. The first-order valence-electron chi connectivity index (χ1n) is 7.09. The van der Waals surface area contributed by atoms with E-state index in [4.69, 9.17) is 0 Å². The number of halogens is 1. The predicted octanol–water partition coefficient (Wildman–Crippen LogP) is 3.08. The number of nitrogens with one attached hydrogen (secondary N) is 2. The first-order valence-corrected chi connectivity index (χ1v) is 7.09. The predicted molar refractivity (Wildman–Crippen MR) is 87.9 cm³/mol. The number of nitro groups is 2. The van der Waals surface area contributed by atoms with Crippen molar-refractivity contribution in [2.75, 3.05) is 17.2 Å². The standard InChI is InChI=1S/C15H13FN4O5/c16-11-6-5-10(9-14(11)20(24)25)18-15(21)7-8-17-12-3-1-2-4-13(12)19(22)23/h1-6,9,17H,7-8H2,(H,18,21). The third-order valence-corrected chi connectivity index (χ3v) is 3.19. The van der Waals surface area contributed by atoms with Crippen LogP contribution in [-0.2, 0) is 4.79 Å². The summed E-state index contributed by atoms with van der Waals surface area (Å²) in [5.74, 6) is -1.48. The lowest BCUT2D eigenvalue weighted by molar-refractivity contribution is -0.387. The molecule has 1 amide bonds. The van der Waals surface area contributed by atoms with Gasteiger partial charge in [-0.1, -0.05) is 12.1 Å². The molecule has 0 spiro atoms. The van der Waals surface area contributed by atoms with Crippen LogP contribution in [-0.4, -0.2) is 22.3 Å². The molecule has 0 saturated heterocycles. The zero-order chi connectivity index (χ0) is 18.4. The molecule has 0 atom stereocenters. The molecule has 130 valence electrons. The summed E-state index contributed by atoms with van der Waals surface area (Å²) < 4.78 is 13.2. The highest BCUT2D eigenvalue weighted by atomic mass is 19.1. The molecule has 2 aromatic carbocycles. The van der Waals surface area contributed by atoms with Crippen molar-refractivity contribution in [3.63, 3.8) is 0 Å². The molecule has 0 unspecified atom stereocenters. The van der Waals surface area contributed by atoms with E-state index in [0.29, 0.717) is 0 Å². The molecule has 0 radical (unpaired) electrons. The Hall–Kier alpha value is -3.56. The molecule has 10 heteroatoms. The molecule has 2 aromatic rings. The Labute approximate surface area is 140 Å². The molecule has 0 aliphatic heterocycles. The van der Waals surface area contributed by atoms with E-state index in [1.165, 1.54) is 24.3 Å². The summed E-state index contributed by atoms with van der Waals surface area (Å²) in [7, 11) is 0. The van der Waals surface area contributed by atoms with Gasteiger partial charge in [0.15, 0.2) is 0 Å². The van der Waals surface area contributed by atoms with Gasteiger partial charge in [-0.2, -0.15) is 4.39 Å². The Morgan fingerprint density at radius 1 is 1.04 bits per heavy atom. The molecule has 0 heterocycles. The van der Waals surface area contributed by atoms with E-state index in [9.17, 15) is 29.4 Å². The zero-order valence-corrected chi connectivity index (χ0v) is 12.8. The second-order valence-electron chi connectivity index (χ2n) is 4.92. The molecule has 2 N–H and O–H groups in total. The van der Waals surface area contributed by atoms with Gasteiger partial charge in [-0.05, 0) is 18.2 Å². The van der Waals surface area contributed by atoms with Crippen molar-refractivity contribution in [1.29, 1.82) is 0 Å². The van der Waals surface area contributed by atoms with E-state index in [0.717, 1.165) is 12.1 Å². The van der Waals surface area contributed by atoms with Gasteiger partial charge in [-0.3, -0.25) is 25.0 Å². The summed E-state index contributed by atoms with van der Waals surface area (Å²) in [4.78, 5) is 31.9. The lowest BCUT2D eigenvalue weighted by Crippen LogP contribution is -2.16. The maximum atomic E-state index is 13.2. The SMILES string of the molecule is O=C(CCNc1ccccc1[N+](=O)[O-])Nc1ccc(F)c([N+](=O)[O-])c1. The Balaban J connectivity index is 1.93. The number of amides is 1. The average molecular weight is 348 g/mol. The summed E-state index contributed by atoms with van der Waals surface area (Å²) in [6.45, 7) is 0.111. The molecule has 0 bridgehead atoms. The van der Waals surface area contributed by atoms with Crippen LogP contribution in [0.3, 0.4) is 0 Å². The van der Waals surface area contributed by atoms with E-state index in [1.807, 2.05) is 0 Å². The molecule has 2 rings (SSSR count). The summed E-state index contributed by atoms with van der Waals surface area (Å²) >= 11 is 0. The Kier molecular flexibility index (Phi) is 5.56. The molecule has 0 aliphatic rings. The van der Waals surface area contributed by atoms with Crippen LogP contribution in [0, 0.1) is 26.0 Å². The second kappa shape index (κ2) is 7.81. The van der Waals surface area contributed by atoms with Crippen LogP contribution in [0.15, 0.2) is 42.5 Å². The number of hydrogen-bond acceptors (Lipinski definition) is 6. The molecule has 9 nitrogen and oxygen atoms in total. The number of nitro benzene ring substituents is 2. The van der Waals surface area contributed by atoms with Crippen LogP contribution in [0.1, 0.15) is 6.42 Å². The lowest BCUT2D eigenvalue weighted by atomic mass is 10.2. The maximum absolute atomic E-state index is 13.2. The van der Waals surface area contributed by atoms with Crippen LogP contribution >= 0.6 is 0 Å². The number of para-hydroxylation sites is 2. The fourth-order valence-corrected chi connectivity index (χ4v) is 2.05. The average Bonchev–Trinajstić information content (AvgIpc) is 2.56. The second-order valence-corrected chi connectivity index (χ2v) is 4.92. The summed E-state index contributed by atoms with van der Waals surface area (Å²) in [6.07, 6.45) is -0.0444. The normalized spacial score (nSPS) is 10.1. The van der Waals surface area contributed by atoms with Gasteiger partial charge in [-0.25, -0.2) is 0 Å². The highest BCUT2D eigenvalue weighted by Crippen LogP contribution is 2.23. The van der Waals surface area contributed by atoms with Crippen molar-refractivity contribution in [3.8, 4) is 0 Å². The number of nitrogens with zero attached hydrogens (tertiary/aromatic N) is 2. The van der Waals surface area contributed by atoms with Gasteiger partial charge in [0.05, 0.1) is 9.85 Å². The number of anilines is 2. The van der Waals surface area contributed by atoms with Gasteiger partial charge in [-0.15, -0.1) is 0 Å². The number of benzene rings is 2. The number of carbonyl (C=O) groups excluding carboxylic acids is 1. The molecule has 0 aromatic heterocycles. The van der Waals surface area contributed by atoms with Crippen molar-refractivity contribution in [3.05, 3.63) is 68.5 Å². The monoisotopic (exact) mass is 348 g/mol. The van der Waals surface area contributed by atoms with Crippen molar-refractivity contribution in [1.82, 2.24) is 0 Å². The van der Waals surface area contributed by atoms with E-state index in [2.05, 4.69) is 10.6 Å². The fraction of sp³-hybridized carbons (Fsp3) is 0.133. The number of rotatable bonds is 7. The van der Waals surface area contributed by atoms with Gasteiger partial charge in [0.1, 0.15) is 5.69 Å². The van der Waals surface area contributed by atoms with Gasteiger partial charge < -0.3 is 10.6 Å². The lowest BCUT2D eigenvalue weighted by Gasteiger charge is -2.08. The van der Waals surface area contributed by atoms with Crippen LogP contribution in [0.2, 0.25) is 0 Å². The number of hydrogen-bond donors (Lipinski definition) is 2. The molecule has 0 fully saturated rings. The minimum Gasteiger partial charge on any atom is -0.379 e. The Morgan fingerprint density at radius 2 is 1.72 bits per heavy atom. The maximum Gasteiger partial charge on any atom is 0.306 e. The van der Waals surface area contributed by atoms with Crippen molar-refractivity contribution >= 4 is 28.7 Å². The van der Waals surface area contributed by atoms with Crippen LogP contribution in [0.25, 0.3) is 0 Å². The third kappa shape index (κ3) is 4.70. The van der Waals surface area contributed by atoms with Crippen LogP contribution in [0.5, 0.6) is 0 Å². The summed E-state index contributed by atoms with van der Waals surface area (Å²) in [5, 5.41) is 26.7. The minimum atomic E-state index is -0.999. The van der Waals surface area contributed by atoms with Gasteiger partial charge in [0.2, 0.25) is 11.7 Å². The highest BCUT2D eigenvalue weighted by Gasteiger charge is 2.16. The van der Waals surface area contributed by atoms with Crippen LogP contribution in [0.4, 0.5) is 27.1 Å². The quantitative estimate of drug-likeness (QED) is 0.584. The smallest absolute Gasteiger partial charge is 0.306 e.